The zero-order chi connectivity index (χ0) is 18.7. The monoisotopic (exact) mass is 379 g/mol. The van der Waals surface area contributed by atoms with Crippen LogP contribution in [0.3, 0.4) is 0 Å². The van der Waals surface area contributed by atoms with Gasteiger partial charge in [-0.2, -0.15) is 13.2 Å². The van der Waals surface area contributed by atoms with Gasteiger partial charge in [-0.15, -0.1) is 0 Å². The molecule has 142 valence electrons. The van der Waals surface area contributed by atoms with Crippen LogP contribution in [0.1, 0.15) is 45.1 Å². The normalized spacial score (nSPS) is 22.2. The fourth-order valence-electron chi connectivity index (χ4n) is 2.81. The molecule has 0 spiro atoms. The van der Waals surface area contributed by atoms with Crippen LogP contribution >= 0.6 is 0 Å². The highest BCUT2D eigenvalue weighted by Crippen LogP contribution is 2.31. The van der Waals surface area contributed by atoms with Crippen molar-refractivity contribution in [1.29, 1.82) is 0 Å². The number of hydrogen-bond acceptors (Lipinski definition) is 4. The summed E-state index contributed by atoms with van der Waals surface area (Å²) in [5.41, 5.74) is -0.721. The molecular weight excluding hydrogens is 355 g/mol. The maximum absolute atomic E-state index is 12.7. The second kappa shape index (κ2) is 7.90. The summed E-state index contributed by atoms with van der Waals surface area (Å²) in [6.45, 7) is 3.67. The molecule has 1 aliphatic carbocycles. The van der Waals surface area contributed by atoms with Crippen molar-refractivity contribution in [2.75, 3.05) is 11.9 Å². The highest BCUT2D eigenvalue weighted by Gasteiger charge is 2.31. The standard InChI is InChI=1S/C16H24F3N3O2S/c1-11(2)25(23,24)21-10-12-3-5-14(6-4-12)22-15-9-13(7-8-20-15)16(17,18)19/h7-9,11-12,14,21H,3-6,10H2,1-2H3,(H,20,22)/t12-,14-. The van der Waals surface area contributed by atoms with E-state index in [2.05, 4.69) is 15.0 Å². The van der Waals surface area contributed by atoms with Crippen molar-refractivity contribution in [2.45, 2.75) is 57.0 Å². The topological polar surface area (TPSA) is 71.1 Å². The lowest BCUT2D eigenvalue weighted by Crippen LogP contribution is -2.37. The highest BCUT2D eigenvalue weighted by atomic mass is 32.2. The molecule has 1 aliphatic rings. The van der Waals surface area contributed by atoms with E-state index in [4.69, 9.17) is 0 Å². The van der Waals surface area contributed by atoms with Crippen LogP contribution in [0.5, 0.6) is 0 Å². The van der Waals surface area contributed by atoms with Gasteiger partial charge in [0.05, 0.1) is 10.8 Å². The lowest BCUT2D eigenvalue weighted by molar-refractivity contribution is -0.137. The second-order valence-corrected chi connectivity index (χ2v) is 9.05. The Morgan fingerprint density at radius 1 is 1.24 bits per heavy atom. The molecular formula is C16H24F3N3O2S. The van der Waals surface area contributed by atoms with Crippen LogP contribution in [-0.4, -0.2) is 31.2 Å². The zero-order valence-electron chi connectivity index (χ0n) is 14.3. The average molecular weight is 379 g/mol. The number of anilines is 1. The van der Waals surface area contributed by atoms with E-state index in [1.165, 1.54) is 0 Å². The summed E-state index contributed by atoms with van der Waals surface area (Å²) in [6.07, 6.45) is -0.0609. The van der Waals surface area contributed by atoms with E-state index in [0.717, 1.165) is 44.0 Å². The summed E-state index contributed by atoms with van der Waals surface area (Å²) in [7, 11) is -3.26. The smallest absolute Gasteiger partial charge is 0.367 e. The first-order valence-corrected chi connectivity index (χ1v) is 9.91. The van der Waals surface area contributed by atoms with E-state index in [9.17, 15) is 21.6 Å². The van der Waals surface area contributed by atoms with E-state index in [0.29, 0.717) is 6.54 Å². The summed E-state index contributed by atoms with van der Waals surface area (Å²) in [5, 5.41) is 2.59. The molecule has 1 saturated carbocycles. The summed E-state index contributed by atoms with van der Waals surface area (Å²) in [4.78, 5) is 3.95. The third-order valence-electron chi connectivity index (χ3n) is 4.48. The fourth-order valence-corrected chi connectivity index (χ4v) is 3.61. The van der Waals surface area contributed by atoms with Crippen LogP contribution in [0, 0.1) is 5.92 Å². The molecule has 2 N–H and O–H groups in total. The van der Waals surface area contributed by atoms with Crippen LogP contribution in [0.15, 0.2) is 18.3 Å². The fraction of sp³-hybridized carbons (Fsp3) is 0.688. The summed E-state index contributed by atoms with van der Waals surface area (Å²) in [5.74, 6) is 0.472. The molecule has 0 unspecified atom stereocenters. The molecule has 0 aliphatic heterocycles. The van der Waals surface area contributed by atoms with Gasteiger partial charge < -0.3 is 5.32 Å². The third-order valence-corrected chi connectivity index (χ3v) is 6.29. The number of sulfonamides is 1. The predicted octanol–water partition coefficient (Wildman–Crippen LogP) is 3.40. The van der Waals surface area contributed by atoms with Crippen molar-refractivity contribution in [2.24, 2.45) is 5.92 Å². The second-order valence-electron chi connectivity index (χ2n) is 6.73. The molecule has 2 rings (SSSR count). The van der Waals surface area contributed by atoms with Crippen LogP contribution in [0.25, 0.3) is 0 Å². The van der Waals surface area contributed by atoms with Gasteiger partial charge in [-0.25, -0.2) is 18.1 Å². The number of nitrogens with zero attached hydrogens (tertiary/aromatic N) is 1. The summed E-state index contributed by atoms with van der Waals surface area (Å²) < 4.78 is 64.3. The Bertz CT molecular complexity index is 669. The van der Waals surface area contributed by atoms with Gasteiger partial charge in [-0.1, -0.05) is 0 Å². The van der Waals surface area contributed by atoms with Gasteiger partial charge in [0.25, 0.3) is 0 Å². The lowest BCUT2D eigenvalue weighted by Gasteiger charge is -2.29. The molecule has 1 aromatic heterocycles. The van der Waals surface area contributed by atoms with Crippen molar-refractivity contribution in [1.82, 2.24) is 9.71 Å². The Morgan fingerprint density at radius 2 is 1.88 bits per heavy atom. The van der Waals surface area contributed by atoms with Crippen LogP contribution in [0.4, 0.5) is 19.0 Å². The minimum atomic E-state index is -4.38. The first-order chi connectivity index (χ1) is 11.6. The third kappa shape index (κ3) is 5.85. The van der Waals surface area contributed by atoms with Gasteiger partial charge in [-0.05, 0) is 57.6 Å². The van der Waals surface area contributed by atoms with Gasteiger partial charge in [0.1, 0.15) is 5.82 Å². The van der Waals surface area contributed by atoms with Crippen molar-refractivity contribution < 1.29 is 21.6 Å². The van der Waals surface area contributed by atoms with Crippen molar-refractivity contribution >= 4 is 15.8 Å². The van der Waals surface area contributed by atoms with Gasteiger partial charge in [0.2, 0.25) is 10.0 Å². The molecule has 1 heterocycles. The van der Waals surface area contributed by atoms with Gasteiger partial charge in [-0.3, -0.25) is 0 Å². The van der Waals surface area contributed by atoms with E-state index >= 15 is 0 Å². The van der Waals surface area contributed by atoms with Crippen LogP contribution < -0.4 is 10.0 Å². The van der Waals surface area contributed by atoms with E-state index in [1.807, 2.05) is 0 Å². The van der Waals surface area contributed by atoms with Crippen molar-refractivity contribution in [3.63, 3.8) is 0 Å². The molecule has 1 fully saturated rings. The Balaban J connectivity index is 1.83. The van der Waals surface area contributed by atoms with E-state index in [-0.39, 0.29) is 17.8 Å². The van der Waals surface area contributed by atoms with Gasteiger partial charge >= 0.3 is 6.18 Å². The lowest BCUT2D eigenvalue weighted by atomic mass is 9.86. The zero-order valence-corrected chi connectivity index (χ0v) is 15.1. The molecule has 0 radical (unpaired) electrons. The van der Waals surface area contributed by atoms with E-state index in [1.54, 1.807) is 13.8 Å². The minimum absolute atomic E-state index is 0.0499. The quantitative estimate of drug-likeness (QED) is 0.795. The van der Waals surface area contributed by atoms with E-state index < -0.39 is 27.0 Å². The number of pyridine rings is 1. The number of nitrogens with one attached hydrogen (secondary N) is 2. The summed E-state index contributed by atoms with van der Waals surface area (Å²) >= 11 is 0. The Kier molecular flexibility index (Phi) is 6.31. The molecule has 9 heteroatoms. The number of alkyl halides is 3. The molecule has 0 saturated heterocycles. The highest BCUT2D eigenvalue weighted by molar-refractivity contribution is 7.90. The molecule has 25 heavy (non-hydrogen) atoms. The van der Waals surface area contributed by atoms with Gasteiger partial charge in [0.15, 0.2) is 0 Å². The number of aromatic nitrogens is 1. The minimum Gasteiger partial charge on any atom is -0.367 e. The number of halogens is 3. The number of hydrogen-bond donors (Lipinski definition) is 2. The molecule has 1 aromatic rings. The molecule has 0 atom stereocenters. The van der Waals surface area contributed by atoms with Crippen molar-refractivity contribution in [3.05, 3.63) is 23.9 Å². The molecule has 0 aromatic carbocycles. The first-order valence-electron chi connectivity index (χ1n) is 8.36. The van der Waals surface area contributed by atoms with Gasteiger partial charge in [0, 0.05) is 18.8 Å². The predicted molar refractivity (Wildman–Crippen MR) is 90.7 cm³/mol. The number of rotatable bonds is 6. The molecule has 0 amide bonds. The average Bonchev–Trinajstić information content (AvgIpc) is 2.53. The molecule has 5 nitrogen and oxygen atoms in total. The Morgan fingerprint density at radius 3 is 2.44 bits per heavy atom. The molecule has 0 bridgehead atoms. The first kappa shape index (κ1) is 20.0. The van der Waals surface area contributed by atoms with Crippen molar-refractivity contribution in [3.8, 4) is 0 Å². The van der Waals surface area contributed by atoms with Crippen LogP contribution in [0.2, 0.25) is 0 Å². The maximum atomic E-state index is 12.7. The largest absolute Gasteiger partial charge is 0.416 e. The summed E-state index contributed by atoms with van der Waals surface area (Å²) in [6, 6.07) is 2.01. The maximum Gasteiger partial charge on any atom is 0.416 e. The Hall–Kier alpha value is -1.35. The Labute approximate surface area is 146 Å². The SMILES string of the molecule is CC(C)S(=O)(=O)NC[C@H]1CC[C@H](Nc2cc(C(F)(F)F)ccn2)CC1. The van der Waals surface area contributed by atoms with Crippen LogP contribution in [-0.2, 0) is 16.2 Å².